The second kappa shape index (κ2) is 6.64. The lowest BCUT2D eigenvalue weighted by Gasteiger charge is -2.33. The number of hydrogen-bond acceptors (Lipinski definition) is 5. The number of rotatable bonds is 7. The summed E-state index contributed by atoms with van der Waals surface area (Å²) < 4.78 is 5.46. The van der Waals surface area contributed by atoms with Crippen LogP contribution >= 0.6 is 12.2 Å². The first-order chi connectivity index (χ1) is 7.75. The highest BCUT2D eigenvalue weighted by Gasteiger charge is 2.34. The molecule has 0 aromatic carbocycles. The number of thiocarbonyl (C=S) groups is 1. The van der Waals surface area contributed by atoms with Gasteiger partial charge in [-0.3, -0.25) is 0 Å². The predicted molar refractivity (Wildman–Crippen MR) is 70.9 cm³/mol. The van der Waals surface area contributed by atoms with Crippen molar-refractivity contribution < 1.29 is 20.1 Å². The Morgan fingerprint density at radius 3 is 1.82 bits per heavy atom. The third-order valence-corrected chi connectivity index (χ3v) is 4.13. The maximum absolute atomic E-state index is 9.16. The van der Waals surface area contributed by atoms with E-state index in [1.165, 1.54) is 0 Å². The van der Waals surface area contributed by atoms with Gasteiger partial charge >= 0.3 is 0 Å². The van der Waals surface area contributed by atoms with Gasteiger partial charge in [-0.1, -0.05) is 27.7 Å². The summed E-state index contributed by atoms with van der Waals surface area (Å²) in [7, 11) is 0. The monoisotopic (exact) mass is 264 g/mol. The molecule has 102 valence electrons. The van der Waals surface area contributed by atoms with Gasteiger partial charge in [-0.15, -0.1) is 0 Å². The molecule has 0 saturated heterocycles. The molecular weight excluding hydrogens is 240 g/mol. The van der Waals surface area contributed by atoms with E-state index in [4.69, 9.17) is 32.3 Å². The Balaban J connectivity index is 4.52. The fourth-order valence-electron chi connectivity index (χ4n) is 0.927. The molecule has 0 heterocycles. The summed E-state index contributed by atoms with van der Waals surface area (Å²) in [6.45, 7) is 7.06. The lowest BCUT2D eigenvalue weighted by molar-refractivity contribution is -0.0313. The molecule has 5 heteroatoms. The molecule has 0 radical (unpaired) electrons. The number of aliphatic hydroxyl groups is 3. The van der Waals surface area contributed by atoms with Crippen LogP contribution in [0.5, 0.6) is 0 Å². The van der Waals surface area contributed by atoms with Crippen LogP contribution in [-0.2, 0) is 4.74 Å². The molecule has 0 atom stereocenters. The van der Waals surface area contributed by atoms with Crippen molar-refractivity contribution in [2.24, 2.45) is 16.7 Å². The van der Waals surface area contributed by atoms with E-state index in [1.54, 1.807) is 0 Å². The zero-order valence-electron chi connectivity index (χ0n) is 11.1. The first kappa shape index (κ1) is 16.8. The predicted octanol–water partition coefficient (Wildman–Crippen LogP) is 0.976. The van der Waals surface area contributed by atoms with E-state index in [0.29, 0.717) is 11.0 Å². The van der Waals surface area contributed by atoms with Crippen LogP contribution in [0.25, 0.3) is 0 Å². The van der Waals surface area contributed by atoms with Crippen LogP contribution in [0.15, 0.2) is 0 Å². The van der Waals surface area contributed by atoms with Crippen LogP contribution in [0.4, 0.5) is 0 Å². The van der Waals surface area contributed by atoms with Crippen LogP contribution in [0.3, 0.4) is 0 Å². The van der Waals surface area contributed by atoms with Crippen LogP contribution in [0, 0.1) is 16.7 Å². The van der Waals surface area contributed by atoms with E-state index < -0.39 is 5.41 Å². The van der Waals surface area contributed by atoms with Gasteiger partial charge in [0, 0.05) is 5.41 Å². The summed E-state index contributed by atoms with van der Waals surface area (Å²) in [6, 6.07) is 0. The van der Waals surface area contributed by atoms with Crippen LogP contribution in [0.2, 0.25) is 0 Å². The van der Waals surface area contributed by atoms with Crippen molar-refractivity contribution in [3.63, 3.8) is 0 Å². The van der Waals surface area contributed by atoms with E-state index in [-0.39, 0.29) is 31.8 Å². The second-order valence-corrected chi connectivity index (χ2v) is 5.80. The van der Waals surface area contributed by atoms with Crippen molar-refractivity contribution in [2.75, 3.05) is 26.4 Å². The summed E-state index contributed by atoms with van der Waals surface area (Å²) >= 11 is 5.21. The summed E-state index contributed by atoms with van der Waals surface area (Å²) in [5, 5.41) is 27.9. The highest BCUT2D eigenvalue weighted by atomic mass is 32.1. The summed E-state index contributed by atoms with van der Waals surface area (Å²) in [6.07, 6.45) is 0. The maximum Gasteiger partial charge on any atom is 0.165 e. The fourth-order valence-corrected chi connectivity index (χ4v) is 1.22. The second-order valence-electron chi connectivity index (χ2n) is 5.43. The molecule has 0 bridgehead atoms. The molecule has 0 rings (SSSR count). The van der Waals surface area contributed by atoms with Gasteiger partial charge in [-0.2, -0.15) is 0 Å². The molecular formula is C12H24O4S. The molecule has 0 saturated carbocycles. The third-order valence-electron chi connectivity index (χ3n) is 3.49. The first-order valence-corrected chi connectivity index (χ1v) is 6.16. The summed E-state index contributed by atoms with van der Waals surface area (Å²) in [5.74, 6) is 0.321. The Morgan fingerprint density at radius 2 is 1.53 bits per heavy atom. The lowest BCUT2D eigenvalue weighted by atomic mass is 9.82. The summed E-state index contributed by atoms with van der Waals surface area (Å²) in [5.41, 5.74) is -1.29. The van der Waals surface area contributed by atoms with Crippen LogP contribution < -0.4 is 0 Å². The average Bonchev–Trinajstić information content (AvgIpc) is 2.31. The Hall–Kier alpha value is -0.230. The maximum atomic E-state index is 9.16. The SMILES string of the molecule is CC(C)C(C)(C)C(=S)OCC(CO)(CO)CO. The van der Waals surface area contributed by atoms with Crippen molar-refractivity contribution >= 4 is 17.3 Å². The van der Waals surface area contributed by atoms with Crippen molar-refractivity contribution in [2.45, 2.75) is 27.7 Å². The molecule has 17 heavy (non-hydrogen) atoms. The van der Waals surface area contributed by atoms with Gasteiger partial charge in [0.15, 0.2) is 5.05 Å². The van der Waals surface area contributed by atoms with Gasteiger partial charge in [-0.05, 0) is 18.1 Å². The third kappa shape index (κ3) is 4.17. The van der Waals surface area contributed by atoms with Crippen molar-refractivity contribution in [3.05, 3.63) is 0 Å². The molecule has 4 nitrogen and oxygen atoms in total. The Morgan fingerprint density at radius 1 is 1.12 bits per heavy atom. The number of hydrogen-bond donors (Lipinski definition) is 3. The Labute approximate surface area is 109 Å². The average molecular weight is 264 g/mol. The molecule has 0 unspecified atom stereocenters. The minimum absolute atomic E-state index is 0.0193. The molecule has 0 fully saturated rings. The van der Waals surface area contributed by atoms with Crippen LogP contribution in [0.1, 0.15) is 27.7 Å². The van der Waals surface area contributed by atoms with Gasteiger partial charge in [-0.25, -0.2) is 0 Å². The lowest BCUT2D eigenvalue weighted by Crippen LogP contribution is -2.41. The normalized spacial score (nSPS) is 12.9. The fraction of sp³-hybridized carbons (Fsp3) is 0.917. The first-order valence-electron chi connectivity index (χ1n) is 5.75. The van der Waals surface area contributed by atoms with Gasteiger partial charge in [0.05, 0.1) is 25.2 Å². The van der Waals surface area contributed by atoms with Crippen molar-refractivity contribution in [1.82, 2.24) is 0 Å². The number of aliphatic hydroxyl groups excluding tert-OH is 3. The topological polar surface area (TPSA) is 69.9 Å². The molecule has 0 aromatic heterocycles. The van der Waals surface area contributed by atoms with Gasteiger partial charge < -0.3 is 20.1 Å². The van der Waals surface area contributed by atoms with Gasteiger partial charge in [0.2, 0.25) is 0 Å². The Bertz CT molecular complexity index is 239. The smallest absolute Gasteiger partial charge is 0.165 e. The number of ether oxygens (including phenoxy) is 1. The van der Waals surface area contributed by atoms with E-state index in [9.17, 15) is 0 Å². The minimum atomic E-state index is -1.03. The van der Waals surface area contributed by atoms with Gasteiger partial charge in [0.25, 0.3) is 0 Å². The van der Waals surface area contributed by atoms with E-state index in [0.717, 1.165) is 0 Å². The quantitative estimate of drug-likeness (QED) is 0.598. The molecule has 0 spiro atoms. The molecule has 0 aliphatic heterocycles. The molecule has 3 N–H and O–H groups in total. The van der Waals surface area contributed by atoms with Crippen molar-refractivity contribution in [3.8, 4) is 0 Å². The van der Waals surface area contributed by atoms with Crippen molar-refractivity contribution in [1.29, 1.82) is 0 Å². The molecule has 0 aliphatic rings. The Kier molecular flexibility index (Phi) is 6.55. The zero-order valence-corrected chi connectivity index (χ0v) is 11.9. The van der Waals surface area contributed by atoms with E-state index in [2.05, 4.69) is 0 Å². The zero-order chi connectivity index (χ0) is 13.7. The van der Waals surface area contributed by atoms with Gasteiger partial charge in [0.1, 0.15) is 6.61 Å². The standard InChI is InChI=1S/C12H24O4S/c1-9(2)11(3,4)10(17)16-8-12(5-13,6-14)7-15/h9,13-15H,5-8H2,1-4H3. The largest absolute Gasteiger partial charge is 0.486 e. The van der Waals surface area contributed by atoms with Crippen LogP contribution in [-0.4, -0.2) is 46.8 Å². The molecule has 0 aliphatic carbocycles. The highest BCUT2D eigenvalue weighted by Crippen LogP contribution is 2.29. The minimum Gasteiger partial charge on any atom is -0.486 e. The summed E-state index contributed by atoms with van der Waals surface area (Å²) in [4.78, 5) is 0. The van der Waals surface area contributed by atoms with E-state index >= 15 is 0 Å². The highest BCUT2D eigenvalue weighted by molar-refractivity contribution is 7.80. The van der Waals surface area contributed by atoms with E-state index in [1.807, 2.05) is 27.7 Å². The molecule has 0 aromatic rings. The molecule has 0 amide bonds.